The molecule has 0 radical (unpaired) electrons. The van der Waals surface area contributed by atoms with E-state index in [4.69, 9.17) is 9.47 Å². The number of carbonyl (C=O) groups excluding carboxylic acids is 1. The van der Waals surface area contributed by atoms with E-state index in [1.54, 1.807) is 18.2 Å². The molecule has 0 N–H and O–H groups in total. The molecule has 3 rings (SSSR count). The molecule has 0 spiro atoms. The summed E-state index contributed by atoms with van der Waals surface area (Å²) >= 11 is 0. The van der Waals surface area contributed by atoms with Crippen LogP contribution >= 0.6 is 0 Å². The highest BCUT2D eigenvalue weighted by Gasteiger charge is 2.24. The predicted molar refractivity (Wildman–Crippen MR) is 73.1 cm³/mol. The molecule has 110 valence electrons. The van der Waals surface area contributed by atoms with Crippen LogP contribution < -0.4 is 31.0 Å². The maximum absolute atomic E-state index is 12.5. The summed E-state index contributed by atoms with van der Waals surface area (Å²) < 4.78 is 12.9. The number of fused-ring (bicyclic) bond motifs is 1. The summed E-state index contributed by atoms with van der Waals surface area (Å²) in [5.74, 6) is 1.40. The molecule has 4 nitrogen and oxygen atoms in total. The van der Waals surface area contributed by atoms with Crippen molar-refractivity contribution in [3.63, 3.8) is 0 Å². The number of benzene rings is 1. The zero-order valence-electron chi connectivity index (χ0n) is 11.7. The summed E-state index contributed by atoms with van der Waals surface area (Å²) in [5, 5.41) is 0. The van der Waals surface area contributed by atoms with Crippen molar-refractivity contribution < 1.29 is 35.8 Å². The molecule has 1 unspecified atom stereocenters. The Morgan fingerprint density at radius 3 is 2.48 bits per heavy atom. The Morgan fingerprint density at radius 1 is 1.10 bits per heavy atom. The molecular weight excluding hydrogens is 334 g/mol. The van der Waals surface area contributed by atoms with Gasteiger partial charge in [-0.25, -0.2) is 0 Å². The molecule has 0 amide bonds. The van der Waals surface area contributed by atoms with Crippen molar-refractivity contribution in [1.29, 1.82) is 0 Å². The minimum absolute atomic E-state index is 0. The first-order valence-corrected chi connectivity index (χ1v) is 6.65. The summed E-state index contributed by atoms with van der Waals surface area (Å²) in [6.45, 7) is 2.96. The van der Waals surface area contributed by atoms with Gasteiger partial charge in [-0.3, -0.25) is 4.79 Å². The van der Waals surface area contributed by atoms with Crippen LogP contribution in [0.2, 0.25) is 0 Å². The molecule has 2 heterocycles. The predicted octanol–water partition coefficient (Wildman–Crippen LogP) is -0.807. The zero-order valence-corrected chi connectivity index (χ0v) is 13.2. The minimum atomic E-state index is -0.251. The number of hydrogen-bond donors (Lipinski definition) is 0. The smallest absolute Gasteiger partial charge is 0.230 e. The Bertz CT molecular complexity index is 631. The second-order valence-corrected chi connectivity index (χ2v) is 4.72. The van der Waals surface area contributed by atoms with Crippen LogP contribution in [0.3, 0.4) is 0 Å². The van der Waals surface area contributed by atoms with Gasteiger partial charge in [0.25, 0.3) is 0 Å². The Labute approximate surface area is 134 Å². The highest BCUT2D eigenvalue weighted by Crippen LogP contribution is 2.31. The molecule has 0 saturated heterocycles. The molecule has 0 fully saturated rings. The molecule has 1 aliphatic rings. The van der Waals surface area contributed by atoms with Crippen LogP contribution in [-0.2, 0) is 0 Å². The molecule has 1 aromatic carbocycles. The van der Waals surface area contributed by atoms with E-state index in [2.05, 4.69) is 0 Å². The van der Waals surface area contributed by atoms with E-state index in [-0.39, 0.29) is 28.8 Å². The number of pyridine rings is 1. The molecule has 0 aliphatic carbocycles. The van der Waals surface area contributed by atoms with E-state index < -0.39 is 0 Å². The highest BCUT2D eigenvalue weighted by molar-refractivity contribution is 5.98. The van der Waals surface area contributed by atoms with Crippen molar-refractivity contribution in [1.82, 2.24) is 0 Å². The molecular formula is C16H16BrNO3. The topological polar surface area (TPSA) is 39.4 Å². The number of carbonyl (C=O) groups is 1. The molecule has 2 aromatic rings. The Morgan fingerprint density at radius 2 is 1.76 bits per heavy atom. The van der Waals surface area contributed by atoms with E-state index in [9.17, 15) is 4.79 Å². The van der Waals surface area contributed by atoms with Gasteiger partial charge >= 0.3 is 0 Å². The molecule has 0 bridgehead atoms. The van der Waals surface area contributed by atoms with Crippen LogP contribution in [0, 0.1) is 0 Å². The summed E-state index contributed by atoms with van der Waals surface area (Å²) in [7, 11) is 0. The van der Waals surface area contributed by atoms with Gasteiger partial charge in [-0.1, -0.05) is 6.07 Å². The van der Waals surface area contributed by atoms with Crippen molar-refractivity contribution in [2.75, 3.05) is 13.2 Å². The van der Waals surface area contributed by atoms with Gasteiger partial charge in [0.2, 0.25) is 11.8 Å². The number of hydrogen-bond acceptors (Lipinski definition) is 3. The van der Waals surface area contributed by atoms with Gasteiger partial charge in [0.05, 0.1) is 0 Å². The molecule has 1 aromatic heterocycles. The highest BCUT2D eigenvalue weighted by atomic mass is 79.9. The average molecular weight is 350 g/mol. The SMILES string of the molecule is CC(C(=O)c1ccc2c(c1)OCCO2)[n+]1ccccc1.[Br-]. The number of Topliss-reactive ketones (excluding diaryl/α,β-unsaturated/α-hetero) is 1. The molecule has 21 heavy (non-hydrogen) atoms. The van der Waals surface area contributed by atoms with Gasteiger partial charge in [-0.15, -0.1) is 0 Å². The number of halogens is 1. The molecule has 0 saturated carbocycles. The second kappa shape index (κ2) is 6.72. The van der Waals surface area contributed by atoms with E-state index in [1.807, 2.05) is 42.1 Å². The lowest BCUT2D eigenvalue weighted by molar-refractivity contribution is -0.704. The quantitative estimate of drug-likeness (QED) is 0.537. The largest absolute Gasteiger partial charge is 1.00 e. The molecule has 1 aliphatic heterocycles. The number of ether oxygens (including phenoxy) is 2. The van der Waals surface area contributed by atoms with Crippen LogP contribution in [0.4, 0.5) is 0 Å². The van der Waals surface area contributed by atoms with Crippen molar-refractivity contribution in [2.24, 2.45) is 0 Å². The van der Waals surface area contributed by atoms with Crippen LogP contribution in [0.1, 0.15) is 23.3 Å². The van der Waals surface area contributed by atoms with Gasteiger partial charge in [0, 0.05) is 24.6 Å². The van der Waals surface area contributed by atoms with Crippen molar-refractivity contribution in [2.45, 2.75) is 13.0 Å². The minimum Gasteiger partial charge on any atom is -1.00 e. The van der Waals surface area contributed by atoms with E-state index in [0.29, 0.717) is 30.3 Å². The molecule has 5 heteroatoms. The van der Waals surface area contributed by atoms with E-state index in [0.717, 1.165) is 0 Å². The number of nitrogens with zero attached hydrogens (tertiary/aromatic N) is 1. The third kappa shape index (κ3) is 3.24. The van der Waals surface area contributed by atoms with Gasteiger partial charge in [0.1, 0.15) is 13.2 Å². The third-order valence-corrected chi connectivity index (χ3v) is 3.39. The zero-order chi connectivity index (χ0) is 13.9. The first-order chi connectivity index (χ1) is 9.75. The standard InChI is InChI=1S/C16H16NO3.BrH/c1-12(17-7-3-2-4-8-17)16(18)13-5-6-14-15(11-13)20-10-9-19-14;/h2-8,11-12H,9-10H2,1H3;1H/q+1;/p-1. The number of aromatic nitrogens is 1. The average Bonchev–Trinajstić information content (AvgIpc) is 2.54. The Hall–Kier alpha value is -1.88. The summed E-state index contributed by atoms with van der Waals surface area (Å²) in [6.07, 6.45) is 3.78. The normalized spacial score (nSPS) is 14.0. The fourth-order valence-electron chi connectivity index (χ4n) is 2.24. The second-order valence-electron chi connectivity index (χ2n) is 4.72. The van der Waals surface area contributed by atoms with Gasteiger partial charge in [0.15, 0.2) is 23.9 Å². The maximum atomic E-state index is 12.5. The lowest BCUT2D eigenvalue weighted by Gasteiger charge is -2.18. The van der Waals surface area contributed by atoms with Gasteiger partial charge in [-0.2, -0.15) is 4.57 Å². The van der Waals surface area contributed by atoms with Crippen LogP contribution in [0.5, 0.6) is 11.5 Å². The molecule has 1 atom stereocenters. The Kier molecular flexibility index (Phi) is 4.96. The first kappa shape index (κ1) is 15.5. The summed E-state index contributed by atoms with van der Waals surface area (Å²) in [4.78, 5) is 12.5. The summed E-state index contributed by atoms with van der Waals surface area (Å²) in [6, 6.07) is 10.8. The van der Waals surface area contributed by atoms with Crippen LogP contribution in [-0.4, -0.2) is 19.0 Å². The number of ketones is 1. The van der Waals surface area contributed by atoms with Gasteiger partial charge < -0.3 is 26.5 Å². The third-order valence-electron chi connectivity index (χ3n) is 3.39. The number of rotatable bonds is 3. The van der Waals surface area contributed by atoms with Crippen LogP contribution in [0.25, 0.3) is 0 Å². The van der Waals surface area contributed by atoms with E-state index in [1.165, 1.54) is 0 Å². The fraction of sp³-hybridized carbons (Fsp3) is 0.250. The Balaban J connectivity index is 0.00000161. The lowest BCUT2D eigenvalue weighted by atomic mass is 10.0. The summed E-state index contributed by atoms with van der Waals surface area (Å²) in [5.41, 5.74) is 0.637. The van der Waals surface area contributed by atoms with Crippen molar-refractivity contribution >= 4 is 5.78 Å². The fourth-order valence-corrected chi connectivity index (χ4v) is 2.24. The van der Waals surface area contributed by atoms with Crippen molar-refractivity contribution in [3.8, 4) is 11.5 Å². The first-order valence-electron chi connectivity index (χ1n) is 6.65. The lowest BCUT2D eigenvalue weighted by Crippen LogP contribution is -3.00. The monoisotopic (exact) mass is 349 g/mol. The van der Waals surface area contributed by atoms with Crippen LogP contribution in [0.15, 0.2) is 48.8 Å². The maximum Gasteiger partial charge on any atom is 0.230 e. The van der Waals surface area contributed by atoms with Gasteiger partial charge in [-0.05, 0) is 18.2 Å². The van der Waals surface area contributed by atoms with E-state index >= 15 is 0 Å². The van der Waals surface area contributed by atoms with Crippen molar-refractivity contribution in [3.05, 3.63) is 54.4 Å².